The molecule has 12 heavy (non-hydrogen) atoms. The van der Waals surface area contributed by atoms with Gasteiger partial charge < -0.3 is 10.1 Å². The third-order valence-electron chi connectivity index (χ3n) is 1.77. The third kappa shape index (κ3) is 1.67. The molecule has 0 spiro atoms. The highest BCUT2D eigenvalue weighted by Gasteiger charge is 2.02. The SMILES string of the molecule is CCc1ccc(NC)nc1OC. The fourth-order valence-corrected chi connectivity index (χ4v) is 1.05. The number of aromatic nitrogens is 1. The summed E-state index contributed by atoms with van der Waals surface area (Å²) in [7, 11) is 3.48. The summed E-state index contributed by atoms with van der Waals surface area (Å²) >= 11 is 0. The van der Waals surface area contributed by atoms with E-state index in [2.05, 4.69) is 17.2 Å². The normalized spacial score (nSPS) is 9.58. The third-order valence-corrected chi connectivity index (χ3v) is 1.77. The minimum absolute atomic E-state index is 0.712. The number of hydrogen-bond acceptors (Lipinski definition) is 3. The molecule has 0 aliphatic rings. The number of nitrogens with one attached hydrogen (secondary N) is 1. The van der Waals surface area contributed by atoms with E-state index in [4.69, 9.17) is 4.74 Å². The Balaban J connectivity index is 3.02. The first kappa shape index (κ1) is 8.84. The second-order valence-electron chi connectivity index (χ2n) is 2.47. The minimum atomic E-state index is 0.712. The Morgan fingerprint density at radius 2 is 2.25 bits per heavy atom. The van der Waals surface area contributed by atoms with Gasteiger partial charge in [0, 0.05) is 12.6 Å². The standard InChI is InChI=1S/C9H14N2O/c1-4-7-5-6-8(10-2)11-9(7)12-3/h5-6H,4H2,1-3H3,(H,10,11). The molecule has 3 nitrogen and oxygen atoms in total. The van der Waals surface area contributed by atoms with Gasteiger partial charge in [-0.05, 0) is 12.5 Å². The van der Waals surface area contributed by atoms with Crippen molar-refractivity contribution in [1.29, 1.82) is 0 Å². The fraction of sp³-hybridized carbons (Fsp3) is 0.444. The van der Waals surface area contributed by atoms with Crippen molar-refractivity contribution in [2.75, 3.05) is 19.5 Å². The predicted octanol–water partition coefficient (Wildman–Crippen LogP) is 1.69. The van der Waals surface area contributed by atoms with Gasteiger partial charge in [-0.15, -0.1) is 0 Å². The van der Waals surface area contributed by atoms with Crippen LogP contribution >= 0.6 is 0 Å². The van der Waals surface area contributed by atoms with Crippen LogP contribution < -0.4 is 10.1 Å². The van der Waals surface area contributed by atoms with Crippen LogP contribution in [-0.2, 0) is 6.42 Å². The number of methoxy groups -OCH3 is 1. The average Bonchev–Trinajstić information content (AvgIpc) is 2.16. The van der Waals surface area contributed by atoms with E-state index in [1.165, 1.54) is 0 Å². The molecule has 0 aliphatic heterocycles. The van der Waals surface area contributed by atoms with Gasteiger partial charge in [-0.25, -0.2) is 0 Å². The van der Waals surface area contributed by atoms with Gasteiger partial charge in [0.05, 0.1) is 7.11 Å². The molecular weight excluding hydrogens is 152 g/mol. The van der Waals surface area contributed by atoms with Crippen molar-refractivity contribution in [3.63, 3.8) is 0 Å². The number of aryl methyl sites for hydroxylation is 1. The van der Waals surface area contributed by atoms with Crippen LogP contribution in [0.3, 0.4) is 0 Å². The largest absolute Gasteiger partial charge is 0.481 e. The number of ether oxygens (including phenoxy) is 1. The zero-order valence-corrected chi connectivity index (χ0v) is 7.72. The second-order valence-corrected chi connectivity index (χ2v) is 2.47. The first-order valence-electron chi connectivity index (χ1n) is 4.03. The average molecular weight is 166 g/mol. The lowest BCUT2D eigenvalue weighted by Crippen LogP contribution is -1.98. The van der Waals surface area contributed by atoms with Crippen LogP contribution in [0.4, 0.5) is 5.82 Å². The number of anilines is 1. The van der Waals surface area contributed by atoms with E-state index in [1.54, 1.807) is 7.11 Å². The molecule has 0 atom stereocenters. The summed E-state index contributed by atoms with van der Waals surface area (Å²) in [6.07, 6.45) is 0.945. The molecule has 3 heteroatoms. The molecule has 0 amide bonds. The first-order chi connectivity index (χ1) is 5.81. The van der Waals surface area contributed by atoms with Crippen LogP contribution in [0.15, 0.2) is 12.1 Å². The number of hydrogen-bond donors (Lipinski definition) is 1. The van der Waals surface area contributed by atoms with Crippen molar-refractivity contribution >= 4 is 5.82 Å². The van der Waals surface area contributed by atoms with Gasteiger partial charge in [0.15, 0.2) is 0 Å². The van der Waals surface area contributed by atoms with Crippen molar-refractivity contribution < 1.29 is 4.74 Å². The van der Waals surface area contributed by atoms with Crippen molar-refractivity contribution in [2.45, 2.75) is 13.3 Å². The maximum absolute atomic E-state index is 5.13. The van der Waals surface area contributed by atoms with Crippen LogP contribution in [0.2, 0.25) is 0 Å². The highest BCUT2D eigenvalue weighted by atomic mass is 16.5. The smallest absolute Gasteiger partial charge is 0.218 e. The summed E-state index contributed by atoms with van der Waals surface area (Å²) < 4.78 is 5.13. The Labute approximate surface area is 72.8 Å². The summed E-state index contributed by atoms with van der Waals surface area (Å²) in [4.78, 5) is 4.25. The predicted molar refractivity (Wildman–Crippen MR) is 49.7 cm³/mol. The molecule has 0 saturated carbocycles. The van der Waals surface area contributed by atoms with E-state index in [-0.39, 0.29) is 0 Å². The first-order valence-corrected chi connectivity index (χ1v) is 4.03. The maximum atomic E-state index is 5.13. The summed E-state index contributed by atoms with van der Waals surface area (Å²) in [5, 5.41) is 2.96. The lowest BCUT2D eigenvalue weighted by atomic mass is 10.2. The Morgan fingerprint density at radius 1 is 1.50 bits per heavy atom. The lowest BCUT2D eigenvalue weighted by molar-refractivity contribution is 0.393. The molecule has 0 unspecified atom stereocenters. The van der Waals surface area contributed by atoms with Gasteiger partial charge in [-0.1, -0.05) is 13.0 Å². The zero-order valence-electron chi connectivity index (χ0n) is 7.72. The molecule has 66 valence electrons. The molecule has 0 saturated heterocycles. The highest BCUT2D eigenvalue weighted by Crippen LogP contribution is 2.18. The van der Waals surface area contributed by atoms with E-state index < -0.39 is 0 Å². The van der Waals surface area contributed by atoms with Crippen molar-refractivity contribution in [3.05, 3.63) is 17.7 Å². The number of pyridine rings is 1. The molecule has 1 heterocycles. The molecule has 1 aromatic rings. The van der Waals surface area contributed by atoms with Gasteiger partial charge >= 0.3 is 0 Å². The zero-order chi connectivity index (χ0) is 8.97. The van der Waals surface area contributed by atoms with Crippen LogP contribution in [0, 0.1) is 0 Å². The summed E-state index contributed by atoms with van der Waals surface area (Å²) in [5.41, 5.74) is 1.14. The second kappa shape index (κ2) is 3.95. The van der Waals surface area contributed by atoms with Gasteiger partial charge in [0.25, 0.3) is 0 Å². The highest BCUT2D eigenvalue weighted by molar-refractivity contribution is 5.40. The molecule has 1 aromatic heterocycles. The van der Waals surface area contributed by atoms with Gasteiger partial charge in [-0.2, -0.15) is 4.98 Å². The fourth-order valence-electron chi connectivity index (χ4n) is 1.05. The number of rotatable bonds is 3. The van der Waals surface area contributed by atoms with Crippen molar-refractivity contribution in [3.8, 4) is 5.88 Å². The Kier molecular flexibility index (Phi) is 2.91. The monoisotopic (exact) mass is 166 g/mol. The molecule has 1 rings (SSSR count). The maximum Gasteiger partial charge on any atom is 0.218 e. The molecular formula is C9H14N2O. The van der Waals surface area contributed by atoms with Crippen LogP contribution in [0.5, 0.6) is 5.88 Å². The lowest BCUT2D eigenvalue weighted by Gasteiger charge is -2.06. The van der Waals surface area contributed by atoms with Gasteiger partial charge in [0.2, 0.25) is 5.88 Å². The van der Waals surface area contributed by atoms with E-state index in [0.29, 0.717) is 5.88 Å². The Hall–Kier alpha value is -1.25. The van der Waals surface area contributed by atoms with Crippen LogP contribution in [0.1, 0.15) is 12.5 Å². The van der Waals surface area contributed by atoms with Crippen LogP contribution in [-0.4, -0.2) is 19.1 Å². The summed E-state index contributed by atoms with van der Waals surface area (Å²) in [6, 6.07) is 3.97. The summed E-state index contributed by atoms with van der Waals surface area (Å²) in [6.45, 7) is 2.08. The van der Waals surface area contributed by atoms with Crippen molar-refractivity contribution in [2.24, 2.45) is 0 Å². The Bertz CT molecular complexity index is 261. The Morgan fingerprint density at radius 3 is 2.75 bits per heavy atom. The van der Waals surface area contributed by atoms with Gasteiger partial charge in [-0.3, -0.25) is 0 Å². The molecule has 0 aliphatic carbocycles. The quantitative estimate of drug-likeness (QED) is 0.742. The summed E-state index contributed by atoms with van der Waals surface area (Å²) in [5.74, 6) is 1.55. The van der Waals surface area contributed by atoms with E-state index >= 15 is 0 Å². The number of nitrogens with zero attached hydrogens (tertiary/aromatic N) is 1. The molecule has 0 aromatic carbocycles. The molecule has 1 N–H and O–H groups in total. The topological polar surface area (TPSA) is 34.2 Å². The molecule has 0 bridgehead atoms. The van der Waals surface area contributed by atoms with Crippen molar-refractivity contribution in [1.82, 2.24) is 4.98 Å². The minimum Gasteiger partial charge on any atom is -0.481 e. The molecule has 0 fully saturated rings. The van der Waals surface area contributed by atoms with E-state index in [9.17, 15) is 0 Å². The molecule has 0 radical (unpaired) electrons. The van der Waals surface area contributed by atoms with Crippen LogP contribution in [0.25, 0.3) is 0 Å². The van der Waals surface area contributed by atoms with E-state index in [0.717, 1.165) is 17.8 Å². The van der Waals surface area contributed by atoms with E-state index in [1.807, 2.05) is 19.2 Å². The van der Waals surface area contributed by atoms with Gasteiger partial charge in [0.1, 0.15) is 5.82 Å².